The fraction of sp³-hybridized carbons (Fsp3) is 0.806. The van der Waals surface area contributed by atoms with Gasteiger partial charge in [0.25, 0.3) is 0 Å². The summed E-state index contributed by atoms with van der Waals surface area (Å²) >= 11 is 0. The van der Waals surface area contributed by atoms with Gasteiger partial charge in [0.2, 0.25) is 5.60 Å². The highest BCUT2D eigenvalue weighted by molar-refractivity contribution is 5.85. The normalized spacial score (nSPS) is 41.0. The number of hydrogen-bond acceptors (Lipinski definition) is 11. The van der Waals surface area contributed by atoms with E-state index in [-0.39, 0.29) is 56.1 Å². The zero-order valence-corrected chi connectivity index (χ0v) is 28.5. The largest absolute Gasteiger partial charge is 0.458 e. The molecule has 3 N–H and O–H groups in total. The van der Waals surface area contributed by atoms with Crippen molar-refractivity contribution in [2.45, 2.75) is 172 Å². The summed E-state index contributed by atoms with van der Waals surface area (Å²) in [7, 11) is 0. The topological polar surface area (TPSA) is 158 Å². The molecule has 3 fully saturated rings. The lowest BCUT2D eigenvalue weighted by Gasteiger charge is -2.39. The molecule has 0 saturated carbocycles. The third-order valence-electron chi connectivity index (χ3n) is 9.93. The summed E-state index contributed by atoms with van der Waals surface area (Å²) in [5, 5.41) is 34.5. The number of esters is 3. The van der Waals surface area contributed by atoms with Crippen LogP contribution in [0.25, 0.3) is 0 Å². The molecule has 47 heavy (non-hydrogen) atoms. The molecule has 0 unspecified atom stereocenters. The molecule has 4 aliphatic rings. The number of hydrogen-bond donors (Lipinski definition) is 3. The Balaban J connectivity index is 1.70. The molecule has 0 aromatic rings. The van der Waals surface area contributed by atoms with Gasteiger partial charge < -0.3 is 39.0 Å². The van der Waals surface area contributed by atoms with E-state index in [0.717, 1.165) is 12.8 Å². The van der Waals surface area contributed by atoms with Crippen LogP contribution in [0.4, 0.5) is 0 Å². The molecule has 0 aliphatic carbocycles. The van der Waals surface area contributed by atoms with Crippen molar-refractivity contribution in [1.82, 2.24) is 0 Å². The first kappa shape index (κ1) is 37.5. The van der Waals surface area contributed by atoms with E-state index in [9.17, 15) is 29.7 Å². The smallest absolute Gasteiger partial charge is 0.346 e. The predicted molar refractivity (Wildman–Crippen MR) is 172 cm³/mol. The van der Waals surface area contributed by atoms with Gasteiger partial charge in [-0.25, -0.2) is 4.79 Å². The molecule has 4 aliphatic heterocycles. The van der Waals surface area contributed by atoms with E-state index in [2.05, 4.69) is 19.9 Å². The molecule has 0 radical (unpaired) electrons. The van der Waals surface area contributed by atoms with Gasteiger partial charge in [0.05, 0.1) is 36.6 Å². The predicted octanol–water partition coefficient (Wildman–Crippen LogP) is 4.23. The first-order chi connectivity index (χ1) is 22.4. The molecule has 4 rings (SSSR count). The Bertz CT molecular complexity index is 1110. The maximum atomic E-state index is 13.7. The van der Waals surface area contributed by atoms with Crippen molar-refractivity contribution < 1.29 is 53.4 Å². The molecule has 6 bridgehead atoms. The summed E-state index contributed by atoms with van der Waals surface area (Å²) in [6.07, 6.45) is 5.43. The van der Waals surface area contributed by atoms with Crippen molar-refractivity contribution in [2.24, 2.45) is 11.8 Å². The van der Waals surface area contributed by atoms with Crippen LogP contribution in [0.1, 0.15) is 111 Å². The molecule has 11 heteroatoms. The molecule has 266 valence electrons. The van der Waals surface area contributed by atoms with Crippen LogP contribution in [0, 0.1) is 11.8 Å². The summed E-state index contributed by atoms with van der Waals surface area (Å²) in [5.41, 5.74) is -2.57. The summed E-state index contributed by atoms with van der Waals surface area (Å²) in [6, 6.07) is 0. The number of carbonyl (C=O) groups is 3. The van der Waals surface area contributed by atoms with Gasteiger partial charge in [-0.05, 0) is 56.8 Å². The number of allylic oxidation sites excluding steroid dienone is 3. The number of unbranched alkanes of at least 4 members (excludes halogenated alkanes) is 2. The standard InChI is InChI=1S/C36H56O11/c1-5-7-9-15-33(40)46-31-20-26-19-24(37)18-25(43-26)16-22(3)13-10-8-11-14-28-23(4)17-29(44-28)27(38)21-30-34(47-32(39)12-6-2)36(31,42)35(41)45-30/h8,10-11,13,22-31,34,37-38,42H,5-7,9,12,14-21H2,1-4H3/b11-8-,13-10+/t22-,23-,24-,25+,26+,27-,28-,29-,30-,31-,34+,36+/m0/s1. The SMILES string of the molecule is CCCCCC(=O)O[C@H]1C[C@H]2C[C@@H](O)C[C@@H](C[C@@H](C)/C=C/C=C\C[C@@H]3O[C@@H](C[C@@H]3C)[C@@H](O)C[C@@H]3OC(=O)[C@]1(O)[C@@H]3OC(=O)CCC)O2. The highest BCUT2D eigenvalue weighted by Crippen LogP contribution is 2.41. The van der Waals surface area contributed by atoms with Gasteiger partial charge in [-0.1, -0.05) is 64.8 Å². The second-order valence-electron chi connectivity index (χ2n) is 14.1. The van der Waals surface area contributed by atoms with Gasteiger partial charge >= 0.3 is 17.9 Å². The molecule has 3 saturated heterocycles. The Morgan fingerprint density at radius 3 is 2.30 bits per heavy atom. The summed E-state index contributed by atoms with van der Waals surface area (Å²) in [5.74, 6) is -2.07. The fourth-order valence-corrected chi connectivity index (χ4v) is 7.33. The quantitative estimate of drug-likeness (QED) is 0.194. The molecular formula is C36H56O11. The zero-order valence-electron chi connectivity index (χ0n) is 28.5. The van der Waals surface area contributed by atoms with Crippen molar-refractivity contribution in [2.75, 3.05) is 0 Å². The Labute approximate surface area is 279 Å². The minimum Gasteiger partial charge on any atom is -0.458 e. The molecule has 0 aromatic carbocycles. The zero-order chi connectivity index (χ0) is 34.1. The van der Waals surface area contributed by atoms with E-state index < -0.39 is 66.2 Å². The molecular weight excluding hydrogens is 608 g/mol. The van der Waals surface area contributed by atoms with E-state index in [0.29, 0.717) is 38.5 Å². The lowest BCUT2D eigenvalue weighted by Crippen LogP contribution is -2.59. The Morgan fingerprint density at radius 2 is 1.57 bits per heavy atom. The lowest BCUT2D eigenvalue weighted by molar-refractivity contribution is -0.201. The second kappa shape index (κ2) is 17.4. The van der Waals surface area contributed by atoms with Crippen molar-refractivity contribution in [1.29, 1.82) is 0 Å². The second-order valence-corrected chi connectivity index (χ2v) is 14.1. The average molecular weight is 665 g/mol. The van der Waals surface area contributed by atoms with Crippen LogP contribution >= 0.6 is 0 Å². The minimum absolute atomic E-state index is 0.0300. The van der Waals surface area contributed by atoms with E-state index in [1.807, 2.05) is 25.2 Å². The van der Waals surface area contributed by atoms with Gasteiger partial charge in [-0.15, -0.1) is 0 Å². The lowest BCUT2D eigenvalue weighted by atomic mass is 9.83. The third-order valence-corrected chi connectivity index (χ3v) is 9.93. The van der Waals surface area contributed by atoms with Crippen LogP contribution in [0.2, 0.25) is 0 Å². The van der Waals surface area contributed by atoms with Crippen LogP contribution < -0.4 is 0 Å². The Hall–Kier alpha value is -2.31. The first-order valence-electron chi connectivity index (χ1n) is 17.8. The number of aliphatic hydroxyl groups is 3. The number of fused-ring (bicyclic) bond motifs is 6. The van der Waals surface area contributed by atoms with Gasteiger partial charge in [-0.3, -0.25) is 9.59 Å². The van der Waals surface area contributed by atoms with Crippen LogP contribution in [-0.2, 0) is 38.1 Å². The van der Waals surface area contributed by atoms with Gasteiger partial charge in [0, 0.05) is 25.7 Å². The number of rotatable bonds is 8. The first-order valence-corrected chi connectivity index (χ1v) is 17.8. The highest BCUT2D eigenvalue weighted by atomic mass is 16.6. The monoisotopic (exact) mass is 664 g/mol. The van der Waals surface area contributed by atoms with E-state index in [4.69, 9.17) is 23.7 Å². The molecule has 11 nitrogen and oxygen atoms in total. The number of ether oxygens (including phenoxy) is 5. The van der Waals surface area contributed by atoms with Crippen molar-refractivity contribution in [3.63, 3.8) is 0 Å². The van der Waals surface area contributed by atoms with Crippen LogP contribution in [0.3, 0.4) is 0 Å². The van der Waals surface area contributed by atoms with Gasteiger partial charge in [0.1, 0.15) is 12.2 Å². The summed E-state index contributed by atoms with van der Waals surface area (Å²) in [6.45, 7) is 7.94. The van der Waals surface area contributed by atoms with Crippen molar-refractivity contribution in [3.8, 4) is 0 Å². The minimum atomic E-state index is -2.57. The molecule has 12 atom stereocenters. The molecule has 0 amide bonds. The highest BCUT2D eigenvalue weighted by Gasteiger charge is 2.65. The maximum absolute atomic E-state index is 13.7. The molecule has 4 heterocycles. The van der Waals surface area contributed by atoms with Crippen LogP contribution in [0.15, 0.2) is 24.3 Å². The number of carbonyl (C=O) groups excluding carboxylic acids is 3. The van der Waals surface area contributed by atoms with Gasteiger partial charge in [0.15, 0.2) is 6.10 Å². The summed E-state index contributed by atoms with van der Waals surface area (Å²) in [4.78, 5) is 39.8. The molecule has 0 spiro atoms. The van der Waals surface area contributed by atoms with Crippen LogP contribution in [0.5, 0.6) is 0 Å². The van der Waals surface area contributed by atoms with Crippen molar-refractivity contribution in [3.05, 3.63) is 24.3 Å². The van der Waals surface area contributed by atoms with E-state index >= 15 is 0 Å². The molecule has 0 aromatic heterocycles. The Morgan fingerprint density at radius 1 is 0.851 bits per heavy atom. The summed E-state index contributed by atoms with van der Waals surface area (Å²) < 4.78 is 30.0. The van der Waals surface area contributed by atoms with E-state index in [1.54, 1.807) is 6.92 Å². The number of aliphatic hydroxyl groups excluding tert-OH is 2. The maximum Gasteiger partial charge on any atom is 0.346 e. The van der Waals surface area contributed by atoms with Gasteiger partial charge in [-0.2, -0.15) is 0 Å². The Kier molecular flexibility index (Phi) is 13.9. The van der Waals surface area contributed by atoms with Crippen LogP contribution in [-0.4, -0.2) is 93.8 Å². The third kappa shape index (κ3) is 9.88. The fourth-order valence-electron chi connectivity index (χ4n) is 7.33. The van der Waals surface area contributed by atoms with Crippen molar-refractivity contribution >= 4 is 17.9 Å². The average Bonchev–Trinajstić information content (AvgIpc) is 3.48. The van der Waals surface area contributed by atoms with E-state index in [1.165, 1.54) is 0 Å².